The molecule has 0 aromatic rings. The van der Waals surface area contributed by atoms with Crippen molar-refractivity contribution in [3.63, 3.8) is 0 Å². The van der Waals surface area contributed by atoms with E-state index < -0.39 is 0 Å². The zero-order chi connectivity index (χ0) is 10.1. The molecule has 1 heteroatoms. The van der Waals surface area contributed by atoms with E-state index in [0.29, 0.717) is 5.92 Å². The Morgan fingerprint density at radius 3 is 2.00 bits per heavy atom. The molecule has 0 bridgehead atoms. The van der Waals surface area contributed by atoms with Crippen molar-refractivity contribution in [1.29, 1.82) is 0 Å². The first kappa shape index (κ1) is 12.4. The topological polar surface area (TPSA) is 12.4 Å². The molecule has 0 spiro atoms. The van der Waals surface area contributed by atoms with Crippen molar-refractivity contribution >= 4 is 6.21 Å². The van der Waals surface area contributed by atoms with E-state index in [2.05, 4.69) is 38.9 Å². The maximum absolute atomic E-state index is 4.37. The third kappa shape index (κ3) is 5.62. The minimum atomic E-state index is 0.659. The summed E-state index contributed by atoms with van der Waals surface area (Å²) in [6.45, 7) is 8.79. The van der Waals surface area contributed by atoms with Crippen LogP contribution < -0.4 is 0 Å². The molecule has 0 saturated heterocycles. The highest BCUT2D eigenvalue weighted by molar-refractivity contribution is 5.61. The van der Waals surface area contributed by atoms with Gasteiger partial charge in [-0.25, -0.2) is 0 Å². The molecule has 0 aliphatic rings. The highest BCUT2D eigenvalue weighted by Crippen LogP contribution is 2.07. The first-order valence-electron chi connectivity index (χ1n) is 5.49. The molecule has 1 nitrogen and oxygen atoms in total. The summed E-state index contributed by atoms with van der Waals surface area (Å²) in [6.07, 6.45) is 8.75. The zero-order valence-electron chi connectivity index (χ0n) is 9.51. The highest BCUT2D eigenvalue weighted by Gasteiger charge is 1.96. The lowest BCUT2D eigenvalue weighted by atomic mass is 10.1. The van der Waals surface area contributed by atoms with E-state index in [4.69, 9.17) is 0 Å². The van der Waals surface area contributed by atoms with E-state index >= 15 is 0 Å². The Hall–Kier alpha value is -0.590. The number of rotatable bonds is 6. The fourth-order valence-electron chi connectivity index (χ4n) is 1.20. The molecule has 0 atom stereocenters. The fraction of sp³-hybridized carbons (Fsp3) is 0.750. The van der Waals surface area contributed by atoms with Crippen molar-refractivity contribution in [2.24, 2.45) is 10.9 Å². The molecule has 0 rings (SSSR count). The third-order valence-electron chi connectivity index (χ3n) is 2.51. The van der Waals surface area contributed by atoms with Crippen LogP contribution >= 0.6 is 0 Å². The Kier molecular flexibility index (Phi) is 7.66. The van der Waals surface area contributed by atoms with Crippen LogP contribution in [0.2, 0.25) is 0 Å². The van der Waals surface area contributed by atoms with Gasteiger partial charge in [0.05, 0.1) is 0 Å². The van der Waals surface area contributed by atoms with Crippen molar-refractivity contribution in [3.8, 4) is 0 Å². The van der Waals surface area contributed by atoms with Gasteiger partial charge in [0, 0.05) is 12.4 Å². The van der Waals surface area contributed by atoms with E-state index in [-0.39, 0.29) is 0 Å². The van der Waals surface area contributed by atoms with Crippen molar-refractivity contribution in [1.82, 2.24) is 0 Å². The summed E-state index contributed by atoms with van der Waals surface area (Å²) in [7, 11) is 0. The standard InChI is InChI=1S/C12H23N/c1-5-11(6-2)9-13-10-12(7-3)8-4/h9-11H,5-8H2,1-4H3/b13-9+. The van der Waals surface area contributed by atoms with Gasteiger partial charge >= 0.3 is 0 Å². The van der Waals surface area contributed by atoms with Gasteiger partial charge in [-0.3, -0.25) is 4.99 Å². The van der Waals surface area contributed by atoms with Gasteiger partial charge in [0.15, 0.2) is 0 Å². The fourth-order valence-corrected chi connectivity index (χ4v) is 1.20. The third-order valence-corrected chi connectivity index (χ3v) is 2.51. The Labute approximate surface area is 83.0 Å². The lowest BCUT2D eigenvalue weighted by Gasteiger charge is -2.03. The summed E-state index contributed by atoms with van der Waals surface area (Å²) >= 11 is 0. The molecular formula is C12H23N. The number of aliphatic imine (C=N–C) groups is 1. The van der Waals surface area contributed by atoms with Crippen molar-refractivity contribution < 1.29 is 0 Å². The van der Waals surface area contributed by atoms with E-state index in [9.17, 15) is 0 Å². The van der Waals surface area contributed by atoms with Crippen LogP contribution in [0.5, 0.6) is 0 Å². The van der Waals surface area contributed by atoms with Gasteiger partial charge < -0.3 is 0 Å². The van der Waals surface area contributed by atoms with Crippen LogP contribution in [-0.2, 0) is 0 Å². The van der Waals surface area contributed by atoms with Crippen LogP contribution in [0.25, 0.3) is 0 Å². The molecule has 0 heterocycles. The minimum Gasteiger partial charge on any atom is -0.269 e. The van der Waals surface area contributed by atoms with Crippen LogP contribution in [0.4, 0.5) is 0 Å². The number of hydrogen-bond donors (Lipinski definition) is 0. The van der Waals surface area contributed by atoms with Gasteiger partial charge in [-0.15, -0.1) is 0 Å². The first-order valence-corrected chi connectivity index (χ1v) is 5.49. The Morgan fingerprint density at radius 2 is 1.62 bits per heavy atom. The van der Waals surface area contributed by atoms with Crippen LogP contribution in [0.1, 0.15) is 53.4 Å². The number of nitrogens with zero attached hydrogens (tertiary/aromatic N) is 1. The second-order valence-electron chi connectivity index (χ2n) is 3.37. The normalized spacial score (nSPS) is 11.2. The Balaban J connectivity index is 4.02. The van der Waals surface area contributed by atoms with Crippen molar-refractivity contribution in [2.75, 3.05) is 0 Å². The Morgan fingerprint density at radius 1 is 1.08 bits per heavy atom. The lowest BCUT2D eigenvalue weighted by molar-refractivity contribution is 0.655. The van der Waals surface area contributed by atoms with Crippen LogP contribution in [0.15, 0.2) is 16.8 Å². The summed E-state index contributed by atoms with van der Waals surface area (Å²) in [5.41, 5.74) is 1.43. The largest absolute Gasteiger partial charge is 0.269 e. The van der Waals surface area contributed by atoms with E-state index in [1.165, 1.54) is 18.4 Å². The molecule has 0 radical (unpaired) electrons. The van der Waals surface area contributed by atoms with Gasteiger partial charge in [-0.2, -0.15) is 0 Å². The minimum absolute atomic E-state index is 0.659. The van der Waals surface area contributed by atoms with Gasteiger partial charge in [0.2, 0.25) is 0 Å². The molecule has 0 fully saturated rings. The maximum atomic E-state index is 4.37. The van der Waals surface area contributed by atoms with Crippen LogP contribution in [0, 0.1) is 5.92 Å². The SMILES string of the molecule is CCC(=C/N=C/C(CC)CC)CC. The first-order chi connectivity index (χ1) is 6.28. The molecule has 0 unspecified atom stereocenters. The zero-order valence-corrected chi connectivity index (χ0v) is 9.51. The average Bonchev–Trinajstić information content (AvgIpc) is 2.19. The Bertz CT molecular complexity index is 158. The lowest BCUT2D eigenvalue weighted by Crippen LogP contribution is -1.96. The second-order valence-corrected chi connectivity index (χ2v) is 3.37. The summed E-state index contributed by atoms with van der Waals surface area (Å²) in [4.78, 5) is 4.37. The van der Waals surface area contributed by atoms with Crippen molar-refractivity contribution in [2.45, 2.75) is 53.4 Å². The quantitative estimate of drug-likeness (QED) is 0.545. The predicted octanol–water partition coefficient (Wildman–Crippen LogP) is 4.20. The van der Waals surface area contributed by atoms with Crippen LogP contribution in [0.3, 0.4) is 0 Å². The van der Waals surface area contributed by atoms with E-state index in [1.807, 2.05) is 6.20 Å². The van der Waals surface area contributed by atoms with Gasteiger partial charge in [-0.05, 0) is 31.6 Å². The highest BCUT2D eigenvalue weighted by atomic mass is 14.7. The van der Waals surface area contributed by atoms with Gasteiger partial charge in [-0.1, -0.05) is 33.3 Å². The summed E-state index contributed by atoms with van der Waals surface area (Å²) in [6, 6.07) is 0. The maximum Gasteiger partial charge on any atom is 0.0255 e. The molecule has 0 aliphatic carbocycles. The second kappa shape index (κ2) is 8.03. The molecule has 13 heavy (non-hydrogen) atoms. The molecular weight excluding hydrogens is 158 g/mol. The van der Waals surface area contributed by atoms with Gasteiger partial charge in [0.1, 0.15) is 0 Å². The van der Waals surface area contributed by atoms with Gasteiger partial charge in [0.25, 0.3) is 0 Å². The predicted molar refractivity (Wildman–Crippen MR) is 61.2 cm³/mol. The monoisotopic (exact) mass is 181 g/mol. The molecule has 76 valence electrons. The molecule has 0 aromatic carbocycles. The van der Waals surface area contributed by atoms with E-state index in [1.54, 1.807) is 0 Å². The smallest absolute Gasteiger partial charge is 0.0255 e. The van der Waals surface area contributed by atoms with Crippen molar-refractivity contribution in [3.05, 3.63) is 11.8 Å². The average molecular weight is 181 g/mol. The van der Waals surface area contributed by atoms with Crippen LogP contribution in [-0.4, -0.2) is 6.21 Å². The molecule has 0 N–H and O–H groups in total. The van der Waals surface area contributed by atoms with E-state index in [0.717, 1.165) is 12.8 Å². The molecule has 0 saturated carbocycles. The molecule has 0 amide bonds. The molecule has 0 aliphatic heterocycles. The summed E-state index contributed by atoms with van der Waals surface area (Å²) in [5, 5.41) is 0. The number of hydrogen-bond acceptors (Lipinski definition) is 1. The summed E-state index contributed by atoms with van der Waals surface area (Å²) < 4.78 is 0. The number of allylic oxidation sites excluding steroid dienone is 1. The summed E-state index contributed by atoms with van der Waals surface area (Å²) in [5.74, 6) is 0.659. The molecule has 0 aromatic heterocycles.